The second-order valence-electron chi connectivity index (χ2n) is 3.31. The minimum atomic E-state index is 0.455. The van der Waals surface area contributed by atoms with Crippen LogP contribution in [0.25, 0.3) is 0 Å². The molecule has 0 aromatic rings. The molecule has 1 aliphatic carbocycles. The number of nitrogens with zero attached hydrogens (tertiary/aromatic N) is 1. The molecule has 0 aromatic carbocycles. The summed E-state index contributed by atoms with van der Waals surface area (Å²) < 4.78 is 0. The lowest BCUT2D eigenvalue weighted by atomic mass is 9.80. The van der Waals surface area contributed by atoms with E-state index < -0.39 is 0 Å². The van der Waals surface area contributed by atoms with Crippen LogP contribution in [0.3, 0.4) is 0 Å². The summed E-state index contributed by atoms with van der Waals surface area (Å²) in [6.45, 7) is 2.25. The predicted octanol–water partition coefficient (Wildman–Crippen LogP) is 2.14. The molecule has 1 aliphatic rings. The Labute approximate surface area is 69.5 Å². The van der Waals surface area contributed by atoms with E-state index in [1.54, 1.807) is 0 Å². The standard InChI is InChI=1S/C9H12BN/c1-7-2-4-8(5-3-7)9(10)6-11/h7H,2-5H2,1H3. The van der Waals surface area contributed by atoms with Gasteiger partial charge in [0, 0.05) is 0 Å². The summed E-state index contributed by atoms with van der Waals surface area (Å²) >= 11 is 0. The van der Waals surface area contributed by atoms with Gasteiger partial charge < -0.3 is 0 Å². The normalized spacial score (nSPS) is 24.4. The van der Waals surface area contributed by atoms with Gasteiger partial charge in [0.1, 0.15) is 7.85 Å². The van der Waals surface area contributed by atoms with Crippen molar-refractivity contribution < 1.29 is 0 Å². The van der Waals surface area contributed by atoms with Gasteiger partial charge in [-0.05, 0) is 37.1 Å². The maximum absolute atomic E-state index is 8.52. The highest BCUT2D eigenvalue weighted by Crippen LogP contribution is 2.28. The average Bonchev–Trinajstić information content (AvgIpc) is 2.05. The third-order valence-corrected chi connectivity index (χ3v) is 2.38. The molecule has 56 valence electrons. The molecule has 0 aliphatic heterocycles. The van der Waals surface area contributed by atoms with Crippen molar-refractivity contribution in [2.24, 2.45) is 5.92 Å². The molecule has 0 saturated heterocycles. The van der Waals surface area contributed by atoms with E-state index in [0.717, 1.165) is 18.8 Å². The summed E-state index contributed by atoms with van der Waals surface area (Å²) in [5.41, 5.74) is 1.63. The van der Waals surface area contributed by atoms with Gasteiger partial charge in [0.05, 0.1) is 6.07 Å². The van der Waals surface area contributed by atoms with Gasteiger partial charge in [-0.25, -0.2) is 0 Å². The van der Waals surface area contributed by atoms with Crippen molar-refractivity contribution in [1.29, 1.82) is 5.26 Å². The second-order valence-corrected chi connectivity index (χ2v) is 3.31. The van der Waals surface area contributed by atoms with Crippen molar-refractivity contribution in [3.63, 3.8) is 0 Å². The summed E-state index contributed by atoms with van der Waals surface area (Å²) in [7, 11) is 5.51. The summed E-state index contributed by atoms with van der Waals surface area (Å²) in [5, 5.41) is 8.52. The van der Waals surface area contributed by atoms with E-state index in [2.05, 4.69) is 6.92 Å². The fourth-order valence-electron chi connectivity index (χ4n) is 1.46. The fraction of sp³-hybridized carbons (Fsp3) is 0.667. The zero-order valence-corrected chi connectivity index (χ0v) is 6.93. The Morgan fingerprint density at radius 3 is 2.55 bits per heavy atom. The monoisotopic (exact) mass is 145 g/mol. The van der Waals surface area contributed by atoms with Crippen molar-refractivity contribution in [1.82, 2.24) is 0 Å². The van der Waals surface area contributed by atoms with Crippen molar-refractivity contribution in [2.45, 2.75) is 32.6 Å². The molecule has 2 radical (unpaired) electrons. The minimum absolute atomic E-state index is 0.455. The topological polar surface area (TPSA) is 23.8 Å². The first-order valence-corrected chi connectivity index (χ1v) is 4.11. The van der Waals surface area contributed by atoms with E-state index in [9.17, 15) is 0 Å². The smallest absolute Gasteiger partial charge is 0.129 e. The molecule has 0 aromatic heterocycles. The largest absolute Gasteiger partial charge is 0.194 e. The van der Waals surface area contributed by atoms with E-state index >= 15 is 0 Å². The fourth-order valence-corrected chi connectivity index (χ4v) is 1.46. The molecule has 0 amide bonds. The number of hydrogen-bond donors (Lipinski definition) is 0. The quantitative estimate of drug-likeness (QED) is 0.378. The molecule has 0 heterocycles. The Bertz CT molecular complexity index is 202. The first kappa shape index (κ1) is 8.39. The Hall–Kier alpha value is -0.705. The SMILES string of the molecule is [B]C(C#N)=C1CCC(C)CC1. The molecule has 0 bridgehead atoms. The molecule has 1 rings (SSSR count). The van der Waals surface area contributed by atoms with Crippen molar-refractivity contribution in [2.75, 3.05) is 0 Å². The van der Waals surface area contributed by atoms with Crippen molar-refractivity contribution in [3.8, 4) is 6.07 Å². The van der Waals surface area contributed by atoms with Crippen molar-refractivity contribution in [3.05, 3.63) is 11.0 Å². The Morgan fingerprint density at radius 1 is 1.55 bits per heavy atom. The van der Waals surface area contributed by atoms with Gasteiger partial charge in [-0.1, -0.05) is 12.5 Å². The number of nitriles is 1. The Kier molecular flexibility index (Phi) is 2.76. The first-order valence-electron chi connectivity index (χ1n) is 4.11. The van der Waals surface area contributed by atoms with Crippen LogP contribution in [0.1, 0.15) is 32.6 Å². The van der Waals surface area contributed by atoms with Gasteiger partial charge in [-0.3, -0.25) is 0 Å². The molecule has 0 spiro atoms. The summed E-state index contributed by atoms with van der Waals surface area (Å²) in [5.74, 6) is 0.810. The number of allylic oxidation sites excluding steroid dienone is 2. The molecule has 0 N–H and O–H groups in total. The lowest BCUT2D eigenvalue weighted by molar-refractivity contribution is 0.443. The van der Waals surface area contributed by atoms with Gasteiger partial charge in [-0.15, -0.1) is 0 Å². The molecule has 0 unspecified atom stereocenters. The van der Waals surface area contributed by atoms with E-state index in [-0.39, 0.29) is 0 Å². The third kappa shape index (κ3) is 2.11. The molecule has 11 heavy (non-hydrogen) atoms. The lowest BCUT2D eigenvalue weighted by Crippen LogP contribution is -2.05. The van der Waals surface area contributed by atoms with Crippen LogP contribution in [0.5, 0.6) is 0 Å². The molecule has 1 fully saturated rings. The molecule has 2 heteroatoms. The average molecular weight is 145 g/mol. The van der Waals surface area contributed by atoms with Gasteiger partial charge >= 0.3 is 0 Å². The highest BCUT2D eigenvalue weighted by Gasteiger charge is 2.13. The predicted molar refractivity (Wildman–Crippen MR) is 46.0 cm³/mol. The van der Waals surface area contributed by atoms with Gasteiger partial charge in [0.25, 0.3) is 0 Å². The maximum Gasteiger partial charge on any atom is 0.129 e. The molecular weight excluding hydrogens is 133 g/mol. The summed E-state index contributed by atoms with van der Waals surface area (Å²) in [4.78, 5) is 0. The third-order valence-electron chi connectivity index (χ3n) is 2.38. The van der Waals surface area contributed by atoms with Crippen LogP contribution in [0.4, 0.5) is 0 Å². The van der Waals surface area contributed by atoms with E-state index in [1.807, 2.05) is 6.07 Å². The molecule has 0 atom stereocenters. The maximum atomic E-state index is 8.52. The van der Waals surface area contributed by atoms with Gasteiger partial charge in [0.15, 0.2) is 0 Å². The van der Waals surface area contributed by atoms with Crippen LogP contribution < -0.4 is 0 Å². The zero-order valence-electron chi connectivity index (χ0n) is 6.93. The van der Waals surface area contributed by atoms with Crippen LogP contribution in [0, 0.1) is 17.2 Å². The van der Waals surface area contributed by atoms with E-state index in [4.69, 9.17) is 13.1 Å². The number of rotatable bonds is 0. The minimum Gasteiger partial charge on any atom is -0.194 e. The Balaban J connectivity index is 2.59. The summed E-state index contributed by atoms with van der Waals surface area (Å²) in [6.07, 6.45) is 4.44. The van der Waals surface area contributed by atoms with Crippen LogP contribution in [0.2, 0.25) is 0 Å². The van der Waals surface area contributed by atoms with Crippen LogP contribution in [0.15, 0.2) is 11.0 Å². The van der Waals surface area contributed by atoms with Gasteiger partial charge in [0.2, 0.25) is 0 Å². The van der Waals surface area contributed by atoms with E-state index in [1.165, 1.54) is 18.4 Å². The highest BCUT2D eigenvalue weighted by atomic mass is 14.2. The molecule has 1 saturated carbocycles. The second kappa shape index (κ2) is 3.62. The molecule has 1 nitrogen and oxygen atoms in total. The zero-order chi connectivity index (χ0) is 8.27. The lowest BCUT2D eigenvalue weighted by Gasteiger charge is -2.20. The van der Waals surface area contributed by atoms with Crippen LogP contribution in [-0.4, -0.2) is 7.85 Å². The Morgan fingerprint density at radius 2 is 2.09 bits per heavy atom. The van der Waals surface area contributed by atoms with Gasteiger partial charge in [-0.2, -0.15) is 5.26 Å². The first-order chi connectivity index (χ1) is 5.24. The van der Waals surface area contributed by atoms with Crippen molar-refractivity contribution >= 4 is 7.85 Å². The van der Waals surface area contributed by atoms with Crippen LogP contribution in [-0.2, 0) is 0 Å². The summed E-state index contributed by atoms with van der Waals surface area (Å²) in [6, 6.07) is 2.01. The van der Waals surface area contributed by atoms with E-state index in [0.29, 0.717) is 5.47 Å². The number of hydrogen-bond acceptors (Lipinski definition) is 1. The van der Waals surface area contributed by atoms with Crippen LogP contribution >= 0.6 is 0 Å². The highest BCUT2D eigenvalue weighted by molar-refractivity contribution is 6.24. The molecular formula is C9H12BN.